The van der Waals surface area contributed by atoms with E-state index in [9.17, 15) is 9.59 Å². The normalized spacial score (nSPS) is 17.7. The lowest BCUT2D eigenvalue weighted by molar-refractivity contribution is -0.122. The summed E-state index contributed by atoms with van der Waals surface area (Å²) in [6.45, 7) is 0.940. The number of methoxy groups -OCH3 is 1. The summed E-state index contributed by atoms with van der Waals surface area (Å²) in [6.07, 6.45) is 2.51. The molecule has 1 fully saturated rings. The molecule has 1 atom stereocenters. The number of nitrogens with one attached hydrogen (secondary N) is 3. The van der Waals surface area contributed by atoms with Gasteiger partial charge in [0.1, 0.15) is 17.6 Å². The highest BCUT2D eigenvalue weighted by Crippen LogP contribution is 2.20. The Balaban J connectivity index is 1.62. The number of aryl methyl sites for hydroxylation is 1. The number of urea groups is 1. The molecule has 0 saturated carbocycles. The Morgan fingerprint density at radius 3 is 3.08 bits per heavy atom. The quantitative estimate of drug-likeness (QED) is 0.771. The van der Waals surface area contributed by atoms with Gasteiger partial charge in [-0.25, -0.2) is 9.78 Å². The molecule has 2 heterocycles. The van der Waals surface area contributed by atoms with E-state index in [0.29, 0.717) is 13.0 Å². The third kappa shape index (κ3) is 3.84. The first-order valence-electron chi connectivity index (χ1n) is 8.40. The largest absolute Gasteiger partial charge is 0.497 e. The van der Waals surface area contributed by atoms with E-state index in [4.69, 9.17) is 4.74 Å². The molecule has 3 N–H and O–H groups in total. The summed E-state index contributed by atoms with van der Waals surface area (Å²) >= 11 is 0. The Kier molecular flexibility index (Phi) is 5.06. The third-order valence-corrected chi connectivity index (χ3v) is 4.43. The van der Waals surface area contributed by atoms with Crippen molar-refractivity contribution < 1.29 is 14.3 Å². The van der Waals surface area contributed by atoms with Crippen LogP contribution in [-0.2, 0) is 18.4 Å². The number of ether oxygens (including phenoxy) is 1. The summed E-state index contributed by atoms with van der Waals surface area (Å²) in [6, 6.07) is 4.81. The Bertz CT molecular complexity index is 786. The summed E-state index contributed by atoms with van der Waals surface area (Å²) in [7, 11) is 3.51. The van der Waals surface area contributed by atoms with Gasteiger partial charge in [-0.05, 0) is 31.4 Å². The van der Waals surface area contributed by atoms with E-state index in [1.165, 1.54) is 0 Å². The van der Waals surface area contributed by atoms with Gasteiger partial charge < -0.3 is 25.3 Å². The molecule has 3 amide bonds. The van der Waals surface area contributed by atoms with Crippen molar-refractivity contribution in [2.75, 3.05) is 13.7 Å². The molecule has 0 bridgehead atoms. The molecule has 8 nitrogen and oxygen atoms in total. The maximum Gasteiger partial charge on any atom is 0.315 e. The molecule has 8 heteroatoms. The van der Waals surface area contributed by atoms with Gasteiger partial charge in [-0.3, -0.25) is 4.79 Å². The van der Waals surface area contributed by atoms with Crippen LogP contribution in [0.5, 0.6) is 5.75 Å². The van der Waals surface area contributed by atoms with E-state index in [1.54, 1.807) is 7.11 Å². The third-order valence-electron chi connectivity index (χ3n) is 4.43. The van der Waals surface area contributed by atoms with E-state index in [2.05, 4.69) is 20.9 Å². The lowest BCUT2D eigenvalue weighted by atomic mass is 10.1. The van der Waals surface area contributed by atoms with Crippen LogP contribution in [0.1, 0.15) is 25.1 Å². The van der Waals surface area contributed by atoms with Crippen molar-refractivity contribution >= 4 is 23.0 Å². The number of benzene rings is 1. The van der Waals surface area contributed by atoms with Crippen molar-refractivity contribution in [1.29, 1.82) is 0 Å². The zero-order valence-electron chi connectivity index (χ0n) is 14.5. The summed E-state index contributed by atoms with van der Waals surface area (Å²) in [5.41, 5.74) is 1.77. The lowest BCUT2D eigenvalue weighted by Gasteiger charge is -2.15. The molecule has 2 aromatic rings. The Labute approximate surface area is 145 Å². The fourth-order valence-corrected chi connectivity index (χ4v) is 2.96. The van der Waals surface area contributed by atoms with Gasteiger partial charge in [0.25, 0.3) is 0 Å². The minimum Gasteiger partial charge on any atom is -0.497 e. The van der Waals surface area contributed by atoms with Crippen molar-refractivity contribution in [3.63, 3.8) is 0 Å². The van der Waals surface area contributed by atoms with Gasteiger partial charge in [0.05, 0.1) is 24.7 Å². The van der Waals surface area contributed by atoms with Gasteiger partial charge in [0, 0.05) is 19.7 Å². The molecule has 1 aromatic carbocycles. The van der Waals surface area contributed by atoms with Crippen molar-refractivity contribution in [3.8, 4) is 5.75 Å². The Morgan fingerprint density at radius 1 is 1.44 bits per heavy atom. The highest BCUT2D eigenvalue weighted by atomic mass is 16.5. The number of fused-ring (bicyclic) bond motifs is 1. The van der Waals surface area contributed by atoms with E-state index < -0.39 is 6.04 Å². The van der Waals surface area contributed by atoms with Crippen molar-refractivity contribution in [2.24, 2.45) is 7.05 Å². The number of hydrogen-bond donors (Lipinski definition) is 3. The van der Waals surface area contributed by atoms with Crippen LogP contribution in [-0.4, -0.2) is 41.2 Å². The lowest BCUT2D eigenvalue weighted by Crippen LogP contribution is -2.49. The molecule has 134 valence electrons. The molecular weight excluding hydrogens is 322 g/mol. The van der Waals surface area contributed by atoms with E-state index in [1.807, 2.05) is 29.8 Å². The molecule has 25 heavy (non-hydrogen) atoms. The van der Waals surface area contributed by atoms with Crippen LogP contribution in [0.3, 0.4) is 0 Å². The maximum absolute atomic E-state index is 12.1. The SMILES string of the molecule is COc1ccc2c(c1)nc(CNC(=O)N[C@H]1CCCCNC1=O)n2C. The minimum absolute atomic E-state index is 0.123. The number of nitrogens with zero attached hydrogens (tertiary/aromatic N) is 2. The number of imidazole rings is 1. The first-order valence-corrected chi connectivity index (χ1v) is 8.40. The minimum atomic E-state index is -0.479. The molecule has 1 aromatic heterocycles. The number of aromatic nitrogens is 2. The number of amides is 3. The molecule has 1 saturated heterocycles. The average molecular weight is 345 g/mol. The predicted molar refractivity (Wildman–Crippen MR) is 93.3 cm³/mol. The van der Waals surface area contributed by atoms with Gasteiger partial charge in [-0.15, -0.1) is 0 Å². The topological polar surface area (TPSA) is 97.3 Å². The fraction of sp³-hybridized carbons (Fsp3) is 0.471. The van der Waals surface area contributed by atoms with Crippen LogP contribution in [0.15, 0.2) is 18.2 Å². The van der Waals surface area contributed by atoms with E-state index in [0.717, 1.165) is 35.4 Å². The molecule has 0 aliphatic carbocycles. The van der Waals surface area contributed by atoms with Gasteiger partial charge in [0.2, 0.25) is 5.91 Å². The second-order valence-electron chi connectivity index (χ2n) is 6.11. The van der Waals surface area contributed by atoms with Crippen LogP contribution in [0, 0.1) is 0 Å². The maximum atomic E-state index is 12.1. The van der Waals surface area contributed by atoms with E-state index >= 15 is 0 Å². The first-order chi connectivity index (χ1) is 12.1. The van der Waals surface area contributed by atoms with Crippen molar-refractivity contribution in [3.05, 3.63) is 24.0 Å². The zero-order chi connectivity index (χ0) is 17.8. The predicted octanol–water partition coefficient (Wildman–Crippen LogP) is 1.05. The highest BCUT2D eigenvalue weighted by Gasteiger charge is 2.22. The average Bonchev–Trinajstić information content (AvgIpc) is 2.78. The van der Waals surface area contributed by atoms with Gasteiger partial charge >= 0.3 is 6.03 Å². The fourth-order valence-electron chi connectivity index (χ4n) is 2.96. The monoisotopic (exact) mass is 345 g/mol. The number of hydrogen-bond acceptors (Lipinski definition) is 4. The van der Waals surface area contributed by atoms with Crippen LogP contribution < -0.4 is 20.7 Å². The van der Waals surface area contributed by atoms with Crippen LogP contribution >= 0.6 is 0 Å². The van der Waals surface area contributed by atoms with Crippen LogP contribution in [0.25, 0.3) is 11.0 Å². The van der Waals surface area contributed by atoms with Gasteiger partial charge in [0.15, 0.2) is 0 Å². The van der Waals surface area contributed by atoms with Crippen molar-refractivity contribution in [1.82, 2.24) is 25.5 Å². The van der Waals surface area contributed by atoms with Crippen molar-refractivity contribution in [2.45, 2.75) is 31.8 Å². The molecule has 1 aliphatic rings. The second kappa shape index (κ2) is 7.42. The molecule has 0 radical (unpaired) electrons. The van der Waals surface area contributed by atoms with Gasteiger partial charge in [-0.1, -0.05) is 0 Å². The number of carbonyl (C=O) groups excluding carboxylic acids is 2. The first kappa shape index (κ1) is 17.1. The highest BCUT2D eigenvalue weighted by molar-refractivity contribution is 5.87. The summed E-state index contributed by atoms with van der Waals surface area (Å²) < 4.78 is 7.13. The summed E-state index contributed by atoms with van der Waals surface area (Å²) in [5, 5.41) is 8.31. The molecule has 1 aliphatic heterocycles. The summed E-state index contributed by atoms with van der Waals surface area (Å²) in [5.74, 6) is 1.34. The Hall–Kier alpha value is -2.77. The van der Waals surface area contributed by atoms with Crippen LogP contribution in [0.4, 0.5) is 4.79 Å². The molecule has 0 spiro atoms. The molecule has 0 unspecified atom stereocenters. The number of rotatable bonds is 4. The van der Waals surface area contributed by atoms with E-state index in [-0.39, 0.29) is 18.5 Å². The number of carbonyl (C=O) groups is 2. The second-order valence-corrected chi connectivity index (χ2v) is 6.11. The summed E-state index contributed by atoms with van der Waals surface area (Å²) in [4.78, 5) is 28.5. The molecule has 3 rings (SSSR count). The Morgan fingerprint density at radius 2 is 2.28 bits per heavy atom. The molecular formula is C17H23N5O3. The van der Waals surface area contributed by atoms with Crippen LogP contribution in [0.2, 0.25) is 0 Å². The standard InChI is InChI=1S/C17H23N5O3/c1-22-14-7-6-11(25-2)9-13(14)20-15(22)10-19-17(24)21-12-5-3-4-8-18-16(12)23/h6-7,9,12H,3-5,8,10H2,1-2H3,(H,18,23)(H2,19,21,24)/t12-/m0/s1. The van der Waals surface area contributed by atoms with Gasteiger partial charge in [-0.2, -0.15) is 0 Å². The smallest absolute Gasteiger partial charge is 0.315 e. The zero-order valence-corrected chi connectivity index (χ0v) is 14.5.